The Morgan fingerprint density at radius 2 is 2.00 bits per heavy atom. The lowest BCUT2D eigenvalue weighted by Crippen LogP contribution is -2.36. The highest BCUT2D eigenvalue weighted by Gasteiger charge is 2.19. The molecule has 1 rings (SSSR count). The Kier molecular flexibility index (Phi) is 5.89. The molecule has 0 saturated carbocycles. The number of non-ortho nitro benzene ring substituents is 1. The van der Waals surface area contributed by atoms with Crippen molar-refractivity contribution in [3.8, 4) is 0 Å². The van der Waals surface area contributed by atoms with Crippen LogP contribution < -0.4 is 10.7 Å². The smallest absolute Gasteiger partial charge is 0.301 e. The zero-order chi connectivity index (χ0) is 17.6. The highest BCUT2D eigenvalue weighted by atomic mass is 16.6. The van der Waals surface area contributed by atoms with Crippen LogP contribution in [0.25, 0.3) is 0 Å². The van der Waals surface area contributed by atoms with Crippen molar-refractivity contribution in [3.05, 3.63) is 51.1 Å². The van der Waals surface area contributed by atoms with Crippen LogP contribution in [0.4, 0.5) is 17.1 Å². The lowest BCUT2D eigenvalue weighted by molar-refractivity contribution is -0.393. The maximum atomic E-state index is 11.2. The van der Waals surface area contributed by atoms with Gasteiger partial charge in [-0.2, -0.15) is 5.10 Å². The Morgan fingerprint density at radius 3 is 2.52 bits per heavy atom. The van der Waals surface area contributed by atoms with Crippen LogP contribution in [0, 0.1) is 20.2 Å². The largest absolute Gasteiger partial charge is 0.345 e. The van der Waals surface area contributed by atoms with E-state index in [4.69, 9.17) is 0 Å². The van der Waals surface area contributed by atoms with Gasteiger partial charge in [-0.25, -0.2) is 0 Å². The number of hydrazone groups is 1. The van der Waals surface area contributed by atoms with Crippen molar-refractivity contribution in [3.63, 3.8) is 0 Å². The molecule has 10 nitrogen and oxygen atoms in total. The first-order valence-electron chi connectivity index (χ1n) is 6.42. The number of nitro groups is 2. The molecule has 23 heavy (non-hydrogen) atoms. The second-order valence-corrected chi connectivity index (χ2v) is 4.52. The summed E-state index contributed by atoms with van der Waals surface area (Å²) in [4.78, 5) is 31.4. The number of carbonyl (C=O) groups excluding carboxylic acids is 1. The molecule has 0 radical (unpaired) electrons. The predicted molar refractivity (Wildman–Crippen MR) is 84.3 cm³/mol. The molecule has 0 fully saturated rings. The van der Waals surface area contributed by atoms with Crippen molar-refractivity contribution in [2.75, 3.05) is 5.43 Å². The summed E-state index contributed by atoms with van der Waals surface area (Å²) in [5.41, 5.74) is 2.07. The SMILES string of the molecule is C=CC(=O)NC(C)/C(C)=N/Nc1ccc([N+](=O)[O-])cc1[N+](=O)[O-]. The third-order valence-electron chi connectivity index (χ3n) is 2.91. The Labute approximate surface area is 131 Å². The van der Waals surface area contributed by atoms with Crippen molar-refractivity contribution in [1.82, 2.24) is 5.32 Å². The van der Waals surface area contributed by atoms with E-state index in [1.54, 1.807) is 13.8 Å². The van der Waals surface area contributed by atoms with Gasteiger partial charge >= 0.3 is 5.69 Å². The summed E-state index contributed by atoms with van der Waals surface area (Å²) in [7, 11) is 0. The van der Waals surface area contributed by atoms with Gasteiger partial charge in [-0.1, -0.05) is 6.58 Å². The van der Waals surface area contributed by atoms with Gasteiger partial charge in [0.1, 0.15) is 5.69 Å². The molecule has 0 aliphatic heterocycles. The maximum absolute atomic E-state index is 11.2. The molecule has 0 aromatic heterocycles. The predicted octanol–water partition coefficient (Wildman–Crippen LogP) is 1.98. The molecule has 0 aliphatic carbocycles. The van der Waals surface area contributed by atoms with Crippen molar-refractivity contribution in [2.45, 2.75) is 19.9 Å². The molecule has 122 valence electrons. The minimum atomic E-state index is -0.747. The van der Waals surface area contributed by atoms with Crippen LogP contribution >= 0.6 is 0 Å². The Morgan fingerprint density at radius 1 is 1.35 bits per heavy atom. The van der Waals surface area contributed by atoms with E-state index >= 15 is 0 Å². The molecular formula is C13H15N5O5. The summed E-state index contributed by atoms with van der Waals surface area (Å²) in [6.45, 7) is 6.60. The van der Waals surface area contributed by atoms with Gasteiger partial charge in [-0.3, -0.25) is 30.4 Å². The van der Waals surface area contributed by atoms with Crippen molar-refractivity contribution >= 4 is 28.7 Å². The fraction of sp³-hybridized carbons (Fsp3) is 0.231. The lowest BCUT2D eigenvalue weighted by atomic mass is 10.2. The van der Waals surface area contributed by atoms with E-state index in [-0.39, 0.29) is 11.6 Å². The van der Waals surface area contributed by atoms with Gasteiger partial charge in [0, 0.05) is 6.07 Å². The lowest BCUT2D eigenvalue weighted by Gasteiger charge is -2.12. The highest BCUT2D eigenvalue weighted by Crippen LogP contribution is 2.28. The minimum Gasteiger partial charge on any atom is -0.345 e. The van der Waals surface area contributed by atoms with Gasteiger partial charge in [0.25, 0.3) is 5.69 Å². The van der Waals surface area contributed by atoms with Crippen LogP contribution in [0.1, 0.15) is 13.8 Å². The molecule has 1 unspecified atom stereocenters. The molecule has 10 heteroatoms. The first-order valence-corrected chi connectivity index (χ1v) is 6.42. The Hall–Kier alpha value is -3.30. The number of hydrogen-bond donors (Lipinski definition) is 2. The zero-order valence-electron chi connectivity index (χ0n) is 12.5. The van der Waals surface area contributed by atoms with Crippen molar-refractivity contribution in [2.24, 2.45) is 5.10 Å². The summed E-state index contributed by atoms with van der Waals surface area (Å²) in [6.07, 6.45) is 1.11. The van der Waals surface area contributed by atoms with E-state index in [0.29, 0.717) is 5.71 Å². The fourth-order valence-electron chi connectivity index (χ4n) is 1.50. The standard InChI is InChI=1S/C13H15N5O5/c1-4-13(19)14-8(2)9(3)15-16-11-6-5-10(17(20)21)7-12(11)18(22)23/h4-8,16H,1H2,2-3H3,(H,14,19)/b15-9+. The van der Waals surface area contributed by atoms with E-state index in [0.717, 1.165) is 18.2 Å². The summed E-state index contributed by atoms with van der Waals surface area (Å²) in [6, 6.07) is 2.74. The van der Waals surface area contributed by atoms with Gasteiger partial charge in [-0.15, -0.1) is 0 Å². The molecule has 0 heterocycles. The molecule has 0 aliphatic rings. The van der Waals surface area contributed by atoms with Crippen LogP contribution in [0.3, 0.4) is 0 Å². The maximum Gasteiger partial charge on any atom is 0.301 e. The molecule has 0 spiro atoms. The third-order valence-corrected chi connectivity index (χ3v) is 2.91. The van der Waals surface area contributed by atoms with E-state index in [2.05, 4.69) is 22.4 Å². The second kappa shape index (κ2) is 7.64. The molecule has 1 aromatic rings. The van der Waals surface area contributed by atoms with Crippen LogP contribution in [0.15, 0.2) is 36.0 Å². The topological polar surface area (TPSA) is 140 Å². The molecule has 0 bridgehead atoms. The molecule has 1 aromatic carbocycles. The number of rotatable bonds is 7. The summed E-state index contributed by atoms with van der Waals surface area (Å²) in [5.74, 6) is -0.381. The van der Waals surface area contributed by atoms with Gasteiger partial charge < -0.3 is 5.32 Å². The van der Waals surface area contributed by atoms with Crippen molar-refractivity contribution < 1.29 is 14.6 Å². The second-order valence-electron chi connectivity index (χ2n) is 4.52. The summed E-state index contributed by atoms with van der Waals surface area (Å²) in [5, 5.41) is 28.2. The number of benzene rings is 1. The number of nitrogens with one attached hydrogen (secondary N) is 2. The number of carbonyl (C=O) groups is 1. The molecule has 1 atom stereocenters. The Balaban J connectivity index is 2.97. The minimum absolute atomic E-state index is 0.00203. The van der Waals surface area contributed by atoms with Crippen LogP contribution in [-0.4, -0.2) is 27.5 Å². The van der Waals surface area contributed by atoms with Gasteiger partial charge in [0.15, 0.2) is 0 Å². The quantitative estimate of drug-likeness (QED) is 0.340. The van der Waals surface area contributed by atoms with E-state index < -0.39 is 27.3 Å². The summed E-state index contributed by atoms with van der Waals surface area (Å²) >= 11 is 0. The fourth-order valence-corrected chi connectivity index (χ4v) is 1.50. The van der Waals surface area contributed by atoms with Crippen LogP contribution in [0.2, 0.25) is 0 Å². The first kappa shape index (κ1) is 17.8. The van der Waals surface area contributed by atoms with Crippen LogP contribution in [0.5, 0.6) is 0 Å². The molecule has 0 saturated heterocycles. The highest BCUT2D eigenvalue weighted by molar-refractivity contribution is 5.94. The van der Waals surface area contributed by atoms with E-state index in [9.17, 15) is 25.0 Å². The van der Waals surface area contributed by atoms with Gasteiger partial charge in [0.05, 0.1) is 27.7 Å². The average Bonchev–Trinajstić information content (AvgIpc) is 2.51. The van der Waals surface area contributed by atoms with Crippen LogP contribution in [-0.2, 0) is 4.79 Å². The van der Waals surface area contributed by atoms with Crippen molar-refractivity contribution in [1.29, 1.82) is 0 Å². The normalized spacial score (nSPS) is 12.2. The monoisotopic (exact) mass is 321 g/mol. The number of anilines is 1. The molecule has 2 N–H and O–H groups in total. The molecule has 1 amide bonds. The number of hydrogen-bond acceptors (Lipinski definition) is 7. The summed E-state index contributed by atoms with van der Waals surface area (Å²) < 4.78 is 0. The van der Waals surface area contributed by atoms with Gasteiger partial charge in [-0.05, 0) is 26.0 Å². The van der Waals surface area contributed by atoms with E-state index in [1.807, 2.05) is 0 Å². The first-order chi connectivity index (χ1) is 10.8. The molecular weight excluding hydrogens is 306 g/mol. The number of nitrogens with zero attached hydrogens (tertiary/aromatic N) is 3. The average molecular weight is 321 g/mol. The number of nitro benzene ring substituents is 2. The number of amides is 1. The van der Waals surface area contributed by atoms with Gasteiger partial charge in [0.2, 0.25) is 5.91 Å². The zero-order valence-corrected chi connectivity index (χ0v) is 12.5. The third kappa shape index (κ3) is 4.88. The van der Waals surface area contributed by atoms with E-state index in [1.165, 1.54) is 6.07 Å². The Bertz CT molecular complexity index is 685.